The van der Waals surface area contributed by atoms with Gasteiger partial charge in [0, 0.05) is 5.56 Å². The number of carbonyl (C=O) groups excluding carboxylic acids is 1. The van der Waals surface area contributed by atoms with Gasteiger partial charge in [-0.05, 0) is 18.2 Å². The Bertz CT molecular complexity index is 1130. The molecule has 1 aliphatic heterocycles. The molecule has 2 N–H and O–H groups in total. The number of methoxy groups -OCH3 is 2. The van der Waals surface area contributed by atoms with Crippen molar-refractivity contribution in [1.82, 2.24) is 0 Å². The lowest BCUT2D eigenvalue weighted by Gasteiger charge is -2.29. The number of hydrogen-bond donors (Lipinski definition) is 1. The van der Waals surface area contributed by atoms with Crippen LogP contribution < -0.4 is 19.3 Å². The quantitative estimate of drug-likeness (QED) is 0.719. The maximum absolute atomic E-state index is 13.5. The minimum Gasteiger partial charge on any atom is -0.492 e. The van der Waals surface area contributed by atoms with Crippen molar-refractivity contribution in [3.05, 3.63) is 46.8 Å². The summed E-state index contributed by atoms with van der Waals surface area (Å²) in [6.07, 6.45) is -6.64. The molecule has 0 bridgehead atoms. The highest BCUT2D eigenvalue weighted by molar-refractivity contribution is 7.89. The summed E-state index contributed by atoms with van der Waals surface area (Å²) < 4.78 is 93.0. The molecule has 12 heteroatoms. The molecule has 1 heterocycles. The van der Waals surface area contributed by atoms with Gasteiger partial charge in [-0.15, -0.1) is 0 Å². The number of primary sulfonamides is 1. The molecule has 0 saturated carbocycles. The molecule has 0 amide bonds. The van der Waals surface area contributed by atoms with Crippen LogP contribution in [0.5, 0.6) is 17.2 Å². The summed E-state index contributed by atoms with van der Waals surface area (Å²) in [6.45, 7) is 0. The van der Waals surface area contributed by atoms with E-state index in [1.54, 1.807) is 0 Å². The van der Waals surface area contributed by atoms with E-state index >= 15 is 0 Å². The van der Waals surface area contributed by atoms with E-state index in [2.05, 4.69) is 0 Å². The van der Waals surface area contributed by atoms with E-state index in [0.29, 0.717) is 12.1 Å². The minimum absolute atomic E-state index is 0.166. The van der Waals surface area contributed by atoms with E-state index in [0.717, 1.165) is 26.4 Å². The summed E-state index contributed by atoms with van der Waals surface area (Å²) in [5.74, 6) is -3.22. The first-order chi connectivity index (χ1) is 13.9. The molecule has 0 spiro atoms. The predicted octanol–water partition coefficient (Wildman–Crippen LogP) is 3.22. The molecule has 0 fully saturated rings. The number of fused-ring (bicyclic) bond motifs is 1. The third-order valence-electron chi connectivity index (χ3n) is 4.46. The smallest absolute Gasteiger partial charge is 0.420 e. The Balaban J connectivity index is 2.21. The van der Waals surface area contributed by atoms with Crippen LogP contribution in [0.15, 0.2) is 29.2 Å². The van der Waals surface area contributed by atoms with Crippen LogP contribution in [0.1, 0.15) is 34.0 Å². The van der Waals surface area contributed by atoms with Gasteiger partial charge in [0.25, 0.3) is 0 Å². The largest absolute Gasteiger partial charge is 0.492 e. The summed E-state index contributed by atoms with van der Waals surface area (Å²) in [5.41, 5.74) is -1.70. The van der Waals surface area contributed by atoms with E-state index in [1.165, 1.54) is 0 Å². The van der Waals surface area contributed by atoms with Crippen LogP contribution in [0, 0.1) is 5.82 Å². The van der Waals surface area contributed by atoms with E-state index in [9.17, 15) is 30.8 Å². The summed E-state index contributed by atoms with van der Waals surface area (Å²) in [5, 5.41) is 5.11. The van der Waals surface area contributed by atoms with Crippen molar-refractivity contribution in [1.29, 1.82) is 0 Å². The number of benzene rings is 2. The van der Waals surface area contributed by atoms with Crippen molar-refractivity contribution in [3.63, 3.8) is 0 Å². The van der Waals surface area contributed by atoms with Gasteiger partial charge in [0.1, 0.15) is 28.8 Å². The van der Waals surface area contributed by atoms with E-state index in [4.69, 9.17) is 19.3 Å². The van der Waals surface area contributed by atoms with Crippen molar-refractivity contribution in [2.24, 2.45) is 5.14 Å². The van der Waals surface area contributed by atoms with Crippen molar-refractivity contribution in [3.8, 4) is 17.2 Å². The highest BCUT2D eigenvalue weighted by Crippen LogP contribution is 2.50. The Labute approximate surface area is 168 Å². The highest BCUT2D eigenvalue weighted by Gasteiger charge is 2.42. The number of sulfonamides is 1. The molecule has 0 aromatic heterocycles. The molecule has 7 nitrogen and oxygen atoms in total. The van der Waals surface area contributed by atoms with Gasteiger partial charge >= 0.3 is 6.18 Å². The lowest BCUT2D eigenvalue weighted by molar-refractivity contribution is -0.139. The molecule has 2 aromatic carbocycles. The van der Waals surface area contributed by atoms with Gasteiger partial charge in [-0.1, -0.05) is 6.07 Å². The Morgan fingerprint density at radius 3 is 2.30 bits per heavy atom. The molecule has 1 aliphatic rings. The lowest BCUT2D eigenvalue weighted by atomic mass is 9.93. The SMILES string of the molecule is COc1c(C(F)(F)F)cc2c(c1OC)C(=O)CC(c1ccc(F)cc1S(N)(=O)=O)O2. The van der Waals surface area contributed by atoms with Gasteiger partial charge in [-0.25, -0.2) is 17.9 Å². The Kier molecular flexibility index (Phi) is 5.41. The van der Waals surface area contributed by atoms with E-state index in [1.807, 2.05) is 0 Å². The van der Waals surface area contributed by atoms with Crippen molar-refractivity contribution in [2.45, 2.75) is 23.6 Å². The molecular formula is C18H15F4NO6S. The lowest BCUT2D eigenvalue weighted by Crippen LogP contribution is -2.25. The van der Waals surface area contributed by atoms with Crippen LogP contribution in [0.2, 0.25) is 0 Å². The number of ketones is 1. The second-order valence-electron chi connectivity index (χ2n) is 6.32. The van der Waals surface area contributed by atoms with Crippen LogP contribution >= 0.6 is 0 Å². The van der Waals surface area contributed by atoms with Crippen LogP contribution in [-0.2, 0) is 16.2 Å². The van der Waals surface area contributed by atoms with E-state index < -0.39 is 68.0 Å². The van der Waals surface area contributed by atoms with Crippen LogP contribution in [0.25, 0.3) is 0 Å². The molecule has 30 heavy (non-hydrogen) atoms. The number of ether oxygens (including phenoxy) is 3. The first-order valence-corrected chi connectivity index (χ1v) is 9.81. The molecule has 0 radical (unpaired) electrons. The fourth-order valence-corrected chi connectivity index (χ4v) is 4.05. The van der Waals surface area contributed by atoms with Gasteiger partial charge in [0.05, 0.1) is 25.5 Å². The first-order valence-electron chi connectivity index (χ1n) is 8.26. The number of Topliss-reactive ketones (excluding diaryl/α,β-unsaturated/α-hetero) is 1. The van der Waals surface area contributed by atoms with Gasteiger partial charge in [0.2, 0.25) is 10.0 Å². The number of carbonyl (C=O) groups is 1. The zero-order valence-corrected chi connectivity index (χ0v) is 16.4. The predicted molar refractivity (Wildman–Crippen MR) is 94.6 cm³/mol. The molecule has 1 unspecified atom stereocenters. The van der Waals surface area contributed by atoms with Crippen molar-refractivity contribution >= 4 is 15.8 Å². The van der Waals surface area contributed by atoms with Crippen molar-refractivity contribution in [2.75, 3.05) is 14.2 Å². The summed E-state index contributed by atoms with van der Waals surface area (Å²) in [7, 11) is -2.35. The third kappa shape index (κ3) is 3.79. The monoisotopic (exact) mass is 449 g/mol. The Morgan fingerprint density at radius 2 is 1.77 bits per heavy atom. The molecule has 0 saturated heterocycles. The van der Waals surface area contributed by atoms with Gasteiger partial charge in [0.15, 0.2) is 17.3 Å². The second-order valence-corrected chi connectivity index (χ2v) is 7.85. The fourth-order valence-electron chi connectivity index (χ4n) is 3.24. The first kappa shape index (κ1) is 21.8. The topological polar surface area (TPSA) is 105 Å². The van der Waals surface area contributed by atoms with Gasteiger partial charge in [-0.3, -0.25) is 4.79 Å². The van der Waals surface area contributed by atoms with Crippen LogP contribution in [0.4, 0.5) is 17.6 Å². The summed E-state index contributed by atoms with van der Waals surface area (Å²) in [4.78, 5) is 12.1. The minimum atomic E-state index is -4.87. The number of halogens is 4. The normalized spacial score (nSPS) is 16.6. The maximum atomic E-state index is 13.5. The maximum Gasteiger partial charge on any atom is 0.420 e. The van der Waals surface area contributed by atoms with Crippen LogP contribution in [-0.4, -0.2) is 28.4 Å². The molecule has 3 rings (SSSR count). The summed E-state index contributed by atoms with van der Waals surface area (Å²) in [6, 6.07) is 3.18. The average molecular weight is 449 g/mol. The van der Waals surface area contributed by atoms with Gasteiger partial charge in [-0.2, -0.15) is 13.2 Å². The highest BCUT2D eigenvalue weighted by atomic mass is 32.2. The number of rotatable bonds is 4. The number of alkyl halides is 3. The molecule has 162 valence electrons. The molecule has 0 aliphatic carbocycles. The number of hydrogen-bond acceptors (Lipinski definition) is 6. The van der Waals surface area contributed by atoms with E-state index in [-0.39, 0.29) is 11.1 Å². The average Bonchev–Trinajstić information content (AvgIpc) is 2.64. The third-order valence-corrected chi connectivity index (χ3v) is 5.43. The molecule has 1 atom stereocenters. The molecule has 2 aromatic rings. The Hall–Kier alpha value is -2.86. The fraction of sp³-hybridized carbons (Fsp3) is 0.278. The Morgan fingerprint density at radius 1 is 1.13 bits per heavy atom. The zero-order chi connectivity index (χ0) is 22.4. The van der Waals surface area contributed by atoms with Crippen LogP contribution in [0.3, 0.4) is 0 Å². The zero-order valence-electron chi connectivity index (χ0n) is 15.5. The standard InChI is InChI=1S/C18H15F4NO6S/c1-27-16-10(18(20,21)22)6-13-15(17(16)28-2)11(24)7-12(29-13)9-4-3-8(19)5-14(9)30(23,25)26/h3-6,12H,7H2,1-2H3,(H2,23,25,26). The van der Waals surface area contributed by atoms with Gasteiger partial charge < -0.3 is 14.2 Å². The second kappa shape index (κ2) is 7.43. The molecular weight excluding hydrogens is 434 g/mol. The number of nitrogens with two attached hydrogens (primary N) is 1. The summed E-state index contributed by atoms with van der Waals surface area (Å²) >= 11 is 0. The van der Waals surface area contributed by atoms with Crippen molar-refractivity contribution < 1.29 is 45.0 Å².